The molecule has 0 aliphatic heterocycles. The van der Waals surface area contributed by atoms with Crippen LogP contribution in [0.15, 0.2) is 10.6 Å². The van der Waals surface area contributed by atoms with Crippen molar-refractivity contribution in [3.05, 3.63) is 23.0 Å². The molecule has 0 bridgehead atoms. The van der Waals surface area contributed by atoms with E-state index in [1.807, 2.05) is 27.7 Å². The van der Waals surface area contributed by atoms with Crippen molar-refractivity contribution in [3.63, 3.8) is 0 Å². The van der Waals surface area contributed by atoms with Gasteiger partial charge < -0.3 is 15.6 Å². The molecule has 0 aliphatic rings. The Balaban J connectivity index is 2.46. The molecule has 1 atom stereocenters. The molecule has 21 heavy (non-hydrogen) atoms. The predicted molar refractivity (Wildman–Crippen MR) is 81.0 cm³/mol. The highest BCUT2D eigenvalue weighted by Crippen LogP contribution is 2.23. The van der Waals surface area contributed by atoms with Gasteiger partial charge in [0.2, 0.25) is 0 Å². The Bertz CT molecular complexity index is 678. The van der Waals surface area contributed by atoms with E-state index in [2.05, 4.69) is 15.5 Å². The summed E-state index contributed by atoms with van der Waals surface area (Å²) in [7, 11) is 0. The molecule has 0 radical (unpaired) electrons. The fourth-order valence-electron chi connectivity index (χ4n) is 2.15. The molecule has 0 aromatic carbocycles. The average Bonchev–Trinajstić information content (AvgIpc) is 2.78. The number of nitrogens with two attached hydrogens (primary N) is 1. The van der Waals surface area contributed by atoms with E-state index in [1.54, 1.807) is 13.0 Å². The van der Waals surface area contributed by atoms with Crippen LogP contribution in [0, 0.1) is 19.8 Å². The molecule has 2 aromatic rings. The first-order valence-electron chi connectivity index (χ1n) is 7.04. The second kappa shape index (κ2) is 5.44. The number of hydrogen-bond donors (Lipinski definition) is 2. The number of fused-ring (bicyclic) bond motifs is 1. The van der Waals surface area contributed by atoms with Crippen molar-refractivity contribution < 1.29 is 9.32 Å². The summed E-state index contributed by atoms with van der Waals surface area (Å²) in [5, 5.41) is 7.58. The summed E-state index contributed by atoms with van der Waals surface area (Å²) in [5.74, 6) is 0.0342. The topological polar surface area (TPSA) is 94.0 Å². The summed E-state index contributed by atoms with van der Waals surface area (Å²) < 4.78 is 5.16. The van der Waals surface area contributed by atoms with Crippen LogP contribution < -0.4 is 11.1 Å². The Kier molecular flexibility index (Phi) is 4.00. The molecule has 3 N–H and O–H groups in total. The second-order valence-corrected chi connectivity index (χ2v) is 5.99. The van der Waals surface area contributed by atoms with Crippen LogP contribution in [0.4, 0.5) is 0 Å². The highest BCUT2D eigenvalue weighted by molar-refractivity contribution is 6.06. The van der Waals surface area contributed by atoms with E-state index in [4.69, 9.17) is 10.3 Å². The normalized spacial score (nSPS) is 14.4. The van der Waals surface area contributed by atoms with Crippen LogP contribution in [0.2, 0.25) is 0 Å². The number of rotatable bonds is 4. The summed E-state index contributed by atoms with van der Waals surface area (Å²) in [6.07, 6.45) is 0. The predicted octanol–water partition coefficient (Wildman–Crippen LogP) is 1.94. The number of hydrogen-bond acceptors (Lipinski definition) is 5. The summed E-state index contributed by atoms with van der Waals surface area (Å²) in [4.78, 5) is 16.9. The fourth-order valence-corrected chi connectivity index (χ4v) is 2.15. The Hall–Kier alpha value is -1.95. The van der Waals surface area contributed by atoms with Gasteiger partial charge in [-0.1, -0.05) is 19.0 Å². The second-order valence-electron chi connectivity index (χ2n) is 5.99. The molecule has 0 saturated heterocycles. The van der Waals surface area contributed by atoms with Crippen LogP contribution in [0.1, 0.15) is 42.5 Å². The number of aryl methyl sites for hydroxylation is 2. The zero-order valence-electron chi connectivity index (χ0n) is 13.2. The SMILES string of the molecule is Cc1cc(C(=O)NC(C)(CN)C(C)C)c2c(C)noc2n1. The molecule has 2 heterocycles. The number of nitrogens with zero attached hydrogens (tertiary/aromatic N) is 2. The van der Waals surface area contributed by atoms with Gasteiger partial charge in [-0.3, -0.25) is 4.79 Å². The molecule has 2 aromatic heterocycles. The van der Waals surface area contributed by atoms with Crippen molar-refractivity contribution in [2.24, 2.45) is 11.7 Å². The Morgan fingerprint density at radius 3 is 2.71 bits per heavy atom. The molecule has 0 saturated carbocycles. The van der Waals surface area contributed by atoms with Gasteiger partial charge >= 0.3 is 0 Å². The van der Waals surface area contributed by atoms with Crippen molar-refractivity contribution >= 4 is 17.0 Å². The third-order valence-corrected chi connectivity index (χ3v) is 4.09. The summed E-state index contributed by atoms with van der Waals surface area (Å²) >= 11 is 0. The van der Waals surface area contributed by atoms with Crippen molar-refractivity contribution in [1.29, 1.82) is 0 Å². The van der Waals surface area contributed by atoms with Gasteiger partial charge in [0.15, 0.2) is 0 Å². The first-order valence-corrected chi connectivity index (χ1v) is 7.04. The number of amides is 1. The smallest absolute Gasteiger partial charge is 0.258 e. The van der Waals surface area contributed by atoms with Crippen LogP contribution in [0.5, 0.6) is 0 Å². The fraction of sp³-hybridized carbons (Fsp3) is 0.533. The monoisotopic (exact) mass is 290 g/mol. The number of nitrogens with one attached hydrogen (secondary N) is 1. The molecule has 1 unspecified atom stereocenters. The average molecular weight is 290 g/mol. The van der Waals surface area contributed by atoms with Crippen LogP contribution in [0.25, 0.3) is 11.1 Å². The Morgan fingerprint density at radius 2 is 2.14 bits per heavy atom. The molecule has 2 rings (SSSR count). The highest BCUT2D eigenvalue weighted by atomic mass is 16.5. The Labute approximate surface area is 124 Å². The molecule has 6 heteroatoms. The van der Waals surface area contributed by atoms with Crippen LogP contribution in [-0.2, 0) is 0 Å². The maximum atomic E-state index is 12.7. The standard InChI is InChI=1S/C15H22N4O2/c1-8(2)15(5,7-16)18-13(20)11-6-9(3)17-14-12(11)10(4)19-21-14/h6,8H,7,16H2,1-5H3,(H,18,20). The van der Waals surface area contributed by atoms with Gasteiger partial charge in [0, 0.05) is 12.2 Å². The van der Waals surface area contributed by atoms with E-state index >= 15 is 0 Å². The molecular weight excluding hydrogens is 268 g/mol. The van der Waals surface area contributed by atoms with E-state index in [1.165, 1.54) is 0 Å². The molecule has 0 aliphatic carbocycles. The van der Waals surface area contributed by atoms with Gasteiger partial charge in [0.25, 0.3) is 11.6 Å². The minimum absolute atomic E-state index is 0.182. The first-order chi connectivity index (χ1) is 9.78. The quantitative estimate of drug-likeness (QED) is 0.897. The number of pyridine rings is 1. The maximum Gasteiger partial charge on any atom is 0.258 e. The zero-order chi connectivity index (χ0) is 15.8. The lowest BCUT2D eigenvalue weighted by Gasteiger charge is -2.33. The van der Waals surface area contributed by atoms with Gasteiger partial charge in [0.1, 0.15) is 0 Å². The van der Waals surface area contributed by atoms with Crippen LogP contribution in [-0.4, -0.2) is 28.1 Å². The summed E-state index contributed by atoms with van der Waals surface area (Å²) in [5.41, 5.74) is 7.64. The van der Waals surface area contributed by atoms with Crippen LogP contribution >= 0.6 is 0 Å². The van der Waals surface area contributed by atoms with Crippen LogP contribution in [0.3, 0.4) is 0 Å². The molecule has 0 spiro atoms. The van der Waals surface area contributed by atoms with Crippen molar-refractivity contribution in [1.82, 2.24) is 15.5 Å². The Morgan fingerprint density at radius 1 is 1.48 bits per heavy atom. The minimum Gasteiger partial charge on any atom is -0.345 e. The summed E-state index contributed by atoms with van der Waals surface area (Å²) in [6.45, 7) is 9.99. The minimum atomic E-state index is -0.467. The van der Waals surface area contributed by atoms with Gasteiger partial charge in [-0.25, -0.2) is 4.98 Å². The largest absolute Gasteiger partial charge is 0.345 e. The van der Waals surface area contributed by atoms with Crippen molar-refractivity contribution in [2.45, 2.75) is 40.2 Å². The van der Waals surface area contributed by atoms with Crippen molar-refractivity contribution in [3.8, 4) is 0 Å². The maximum absolute atomic E-state index is 12.7. The third kappa shape index (κ3) is 2.76. The zero-order valence-corrected chi connectivity index (χ0v) is 13.2. The lowest BCUT2D eigenvalue weighted by atomic mass is 9.88. The first kappa shape index (κ1) is 15.4. The number of carbonyl (C=O) groups is 1. The van der Waals surface area contributed by atoms with Gasteiger partial charge in [-0.15, -0.1) is 0 Å². The number of aromatic nitrogens is 2. The lowest BCUT2D eigenvalue weighted by molar-refractivity contribution is 0.0884. The molecule has 1 amide bonds. The van der Waals surface area contributed by atoms with E-state index in [0.717, 1.165) is 0 Å². The van der Waals surface area contributed by atoms with E-state index in [0.29, 0.717) is 34.6 Å². The molecule has 114 valence electrons. The van der Waals surface area contributed by atoms with E-state index in [-0.39, 0.29) is 11.8 Å². The number of carbonyl (C=O) groups excluding carboxylic acids is 1. The highest BCUT2D eigenvalue weighted by Gasteiger charge is 2.30. The van der Waals surface area contributed by atoms with Gasteiger partial charge in [-0.05, 0) is 32.8 Å². The van der Waals surface area contributed by atoms with Gasteiger partial charge in [-0.2, -0.15) is 0 Å². The summed E-state index contributed by atoms with van der Waals surface area (Å²) in [6, 6.07) is 1.75. The van der Waals surface area contributed by atoms with Crippen molar-refractivity contribution in [2.75, 3.05) is 6.54 Å². The molecule has 6 nitrogen and oxygen atoms in total. The molecule has 0 fully saturated rings. The van der Waals surface area contributed by atoms with E-state index in [9.17, 15) is 4.79 Å². The molecular formula is C15H22N4O2. The van der Waals surface area contributed by atoms with Gasteiger partial charge in [0.05, 0.1) is 22.2 Å². The third-order valence-electron chi connectivity index (χ3n) is 4.09. The lowest BCUT2D eigenvalue weighted by Crippen LogP contribution is -2.55. The van der Waals surface area contributed by atoms with E-state index < -0.39 is 5.54 Å².